The topological polar surface area (TPSA) is 28.7 Å². The zero-order valence-electron chi connectivity index (χ0n) is 11.0. The minimum Gasteiger partial charge on any atom is -0.345 e. The first-order valence-corrected chi connectivity index (χ1v) is 7.49. The summed E-state index contributed by atoms with van der Waals surface area (Å²) >= 11 is 5.71. The highest BCUT2D eigenvalue weighted by atomic mass is 35.5. The van der Waals surface area contributed by atoms with Crippen LogP contribution < -0.4 is 0 Å². The summed E-state index contributed by atoms with van der Waals surface area (Å²) in [6.07, 6.45) is 13.8. The second kappa shape index (κ2) is 9.52. The average molecular weight is 257 g/mol. The fraction of sp³-hybridized carbons (Fsp3) is 0.786. The molecule has 0 amide bonds. The standard InChI is InChI=1S/C14H25ClN2/c1-2-3-4-5-6-7-8-9-10-14-16-12-13(11-15)17-14/h12H,2-11H2,1H3,(H,16,17). The van der Waals surface area contributed by atoms with E-state index in [4.69, 9.17) is 11.6 Å². The molecule has 3 heteroatoms. The van der Waals surface area contributed by atoms with Crippen LogP contribution in [0.3, 0.4) is 0 Å². The Hall–Kier alpha value is -0.500. The van der Waals surface area contributed by atoms with Crippen LogP contribution in [0.1, 0.15) is 69.8 Å². The van der Waals surface area contributed by atoms with E-state index in [0.29, 0.717) is 5.88 Å². The van der Waals surface area contributed by atoms with Crippen LogP contribution in [0.2, 0.25) is 0 Å². The first-order valence-electron chi connectivity index (χ1n) is 6.95. The summed E-state index contributed by atoms with van der Waals surface area (Å²) in [6.45, 7) is 2.26. The number of hydrogen-bond donors (Lipinski definition) is 1. The van der Waals surface area contributed by atoms with E-state index in [1.54, 1.807) is 0 Å². The molecule has 0 unspecified atom stereocenters. The van der Waals surface area contributed by atoms with Gasteiger partial charge in [0, 0.05) is 18.3 Å². The molecule has 1 rings (SSSR count). The molecule has 0 aliphatic carbocycles. The summed E-state index contributed by atoms with van der Waals surface area (Å²) in [7, 11) is 0. The smallest absolute Gasteiger partial charge is 0.106 e. The van der Waals surface area contributed by atoms with Gasteiger partial charge in [-0.25, -0.2) is 4.98 Å². The van der Waals surface area contributed by atoms with Crippen molar-refractivity contribution in [1.29, 1.82) is 0 Å². The Morgan fingerprint density at radius 3 is 2.29 bits per heavy atom. The van der Waals surface area contributed by atoms with Crippen LogP contribution >= 0.6 is 11.6 Å². The number of imidazole rings is 1. The quantitative estimate of drug-likeness (QED) is 0.471. The average Bonchev–Trinajstić information content (AvgIpc) is 2.80. The summed E-state index contributed by atoms with van der Waals surface area (Å²) in [5.41, 5.74) is 1.03. The molecule has 2 nitrogen and oxygen atoms in total. The number of aromatic amines is 1. The second-order valence-electron chi connectivity index (χ2n) is 4.71. The molecule has 0 bridgehead atoms. The van der Waals surface area contributed by atoms with Gasteiger partial charge in [0.05, 0.1) is 5.88 Å². The summed E-state index contributed by atoms with van der Waals surface area (Å²) in [6, 6.07) is 0. The van der Waals surface area contributed by atoms with Crippen LogP contribution in [-0.4, -0.2) is 9.97 Å². The second-order valence-corrected chi connectivity index (χ2v) is 4.98. The first kappa shape index (κ1) is 14.6. The molecule has 0 atom stereocenters. The number of alkyl halides is 1. The highest BCUT2D eigenvalue weighted by Crippen LogP contribution is 2.10. The minimum absolute atomic E-state index is 0.532. The fourth-order valence-corrected chi connectivity index (χ4v) is 2.16. The van der Waals surface area contributed by atoms with Crippen LogP contribution in [0.5, 0.6) is 0 Å². The molecule has 1 N–H and O–H groups in total. The van der Waals surface area contributed by atoms with Gasteiger partial charge in [0.15, 0.2) is 0 Å². The lowest BCUT2D eigenvalue weighted by Crippen LogP contribution is -1.89. The largest absolute Gasteiger partial charge is 0.345 e. The van der Waals surface area contributed by atoms with Crippen molar-refractivity contribution < 1.29 is 0 Å². The van der Waals surface area contributed by atoms with Gasteiger partial charge < -0.3 is 4.98 Å². The SMILES string of the molecule is CCCCCCCCCCc1ncc(CCl)[nH]1. The lowest BCUT2D eigenvalue weighted by Gasteiger charge is -2.00. The van der Waals surface area contributed by atoms with E-state index >= 15 is 0 Å². The van der Waals surface area contributed by atoms with Gasteiger partial charge in [-0.05, 0) is 6.42 Å². The maximum absolute atomic E-state index is 5.71. The number of hydrogen-bond acceptors (Lipinski definition) is 1. The van der Waals surface area contributed by atoms with Crippen molar-refractivity contribution in [3.05, 3.63) is 17.7 Å². The van der Waals surface area contributed by atoms with Crippen molar-refractivity contribution in [2.45, 2.75) is 70.6 Å². The molecule has 0 aliphatic rings. The fourth-order valence-electron chi connectivity index (χ4n) is 2.03. The Morgan fingerprint density at radius 1 is 1.06 bits per heavy atom. The Kier molecular flexibility index (Phi) is 8.16. The normalized spacial score (nSPS) is 10.9. The van der Waals surface area contributed by atoms with Gasteiger partial charge in [-0.15, -0.1) is 11.6 Å². The number of halogens is 1. The number of H-pyrrole nitrogens is 1. The Bertz CT molecular complexity index is 284. The summed E-state index contributed by atoms with van der Waals surface area (Å²) in [5.74, 6) is 1.62. The van der Waals surface area contributed by atoms with Gasteiger partial charge in [-0.2, -0.15) is 0 Å². The molecular weight excluding hydrogens is 232 g/mol. The van der Waals surface area contributed by atoms with Crippen LogP contribution in [0.15, 0.2) is 6.20 Å². The van der Waals surface area contributed by atoms with Crippen molar-refractivity contribution in [3.8, 4) is 0 Å². The van der Waals surface area contributed by atoms with E-state index in [1.807, 2.05) is 6.20 Å². The van der Waals surface area contributed by atoms with E-state index < -0.39 is 0 Å². The van der Waals surface area contributed by atoms with Gasteiger partial charge in [0.25, 0.3) is 0 Å². The molecule has 17 heavy (non-hydrogen) atoms. The van der Waals surface area contributed by atoms with Crippen molar-refractivity contribution in [2.24, 2.45) is 0 Å². The first-order chi connectivity index (χ1) is 8.36. The lowest BCUT2D eigenvalue weighted by atomic mass is 10.1. The number of rotatable bonds is 10. The highest BCUT2D eigenvalue weighted by Gasteiger charge is 1.99. The van der Waals surface area contributed by atoms with Crippen molar-refractivity contribution in [1.82, 2.24) is 9.97 Å². The summed E-state index contributed by atoms with van der Waals surface area (Å²) in [4.78, 5) is 7.54. The molecular formula is C14H25ClN2. The van der Waals surface area contributed by atoms with Gasteiger partial charge in [-0.1, -0.05) is 51.9 Å². The van der Waals surface area contributed by atoms with E-state index in [9.17, 15) is 0 Å². The third-order valence-corrected chi connectivity index (χ3v) is 3.38. The molecule has 0 aromatic carbocycles. The van der Waals surface area contributed by atoms with Crippen molar-refractivity contribution in [2.75, 3.05) is 0 Å². The number of aryl methyl sites for hydroxylation is 1. The Labute approximate surface area is 110 Å². The molecule has 0 radical (unpaired) electrons. The number of nitrogens with zero attached hydrogens (tertiary/aromatic N) is 1. The molecule has 1 aromatic heterocycles. The highest BCUT2D eigenvalue weighted by molar-refractivity contribution is 6.16. The molecule has 0 spiro atoms. The molecule has 1 aromatic rings. The third-order valence-electron chi connectivity index (χ3n) is 3.09. The molecule has 0 saturated carbocycles. The summed E-state index contributed by atoms with van der Waals surface area (Å²) < 4.78 is 0. The maximum Gasteiger partial charge on any atom is 0.106 e. The number of unbranched alkanes of at least 4 members (excludes halogenated alkanes) is 7. The third kappa shape index (κ3) is 6.72. The lowest BCUT2D eigenvalue weighted by molar-refractivity contribution is 0.572. The molecule has 0 saturated heterocycles. The molecule has 0 aliphatic heterocycles. The maximum atomic E-state index is 5.71. The Balaban J connectivity index is 1.93. The Morgan fingerprint density at radius 2 is 1.71 bits per heavy atom. The van der Waals surface area contributed by atoms with Gasteiger partial charge >= 0.3 is 0 Å². The molecule has 0 fully saturated rings. The van der Waals surface area contributed by atoms with E-state index in [-0.39, 0.29) is 0 Å². The van der Waals surface area contributed by atoms with Crippen molar-refractivity contribution in [3.63, 3.8) is 0 Å². The van der Waals surface area contributed by atoms with E-state index in [1.165, 1.54) is 51.4 Å². The zero-order valence-corrected chi connectivity index (χ0v) is 11.7. The molecule has 1 heterocycles. The summed E-state index contributed by atoms with van der Waals surface area (Å²) in [5, 5.41) is 0. The molecule has 98 valence electrons. The van der Waals surface area contributed by atoms with Gasteiger partial charge in [0.2, 0.25) is 0 Å². The van der Waals surface area contributed by atoms with Gasteiger partial charge in [-0.3, -0.25) is 0 Å². The van der Waals surface area contributed by atoms with Crippen LogP contribution in [0, 0.1) is 0 Å². The predicted molar refractivity (Wildman–Crippen MR) is 74.5 cm³/mol. The number of aromatic nitrogens is 2. The minimum atomic E-state index is 0.532. The monoisotopic (exact) mass is 256 g/mol. The zero-order chi connectivity index (χ0) is 12.3. The predicted octanol–water partition coefficient (Wildman–Crippen LogP) is 4.83. The van der Waals surface area contributed by atoms with Crippen LogP contribution in [0.25, 0.3) is 0 Å². The van der Waals surface area contributed by atoms with E-state index in [0.717, 1.165) is 17.9 Å². The van der Waals surface area contributed by atoms with Crippen LogP contribution in [0.4, 0.5) is 0 Å². The van der Waals surface area contributed by atoms with Gasteiger partial charge in [0.1, 0.15) is 5.82 Å². The van der Waals surface area contributed by atoms with Crippen molar-refractivity contribution >= 4 is 11.6 Å². The number of nitrogens with one attached hydrogen (secondary N) is 1. The van der Waals surface area contributed by atoms with Crippen LogP contribution in [-0.2, 0) is 12.3 Å². The van der Waals surface area contributed by atoms with E-state index in [2.05, 4.69) is 16.9 Å².